The number of hydrogen-bond acceptors (Lipinski definition) is 5. The van der Waals surface area contributed by atoms with Gasteiger partial charge in [-0.3, -0.25) is 4.79 Å². The molecule has 1 N–H and O–H groups in total. The second kappa shape index (κ2) is 7.40. The smallest absolute Gasteiger partial charge is 0.291 e. The van der Waals surface area contributed by atoms with E-state index in [1.54, 1.807) is 10.7 Å². The second-order valence-electron chi connectivity index (χ2n) is 7.10. The molecule has 1 amide bonds. The van der Waals surface area contributed by atoms with Gasteiger partial charge in [-0.15, -0.1) is 5.10 Å². The van der Waals surface area contributed by atoms with Crippen LogP contribution in [0, 0.1) is 6.92 Å². The monoisotopic (exact) mass is 397 g/mol. The summed E-state index contributed by atoms with van der Waals surface area (Å²) in [5, 5.41) is 7.13. The molecule has 0 spiro atoms. The Morgan fingerprint density at radius 2 is 1.90 bits per heavy atom. The van der Waals surface area contributed by atoms with E-state index in [0.29, 0.717) is 18.9 Å². The maximum atomic E-state index is 12.5. The van der Waals surface area contributed by atoms with Crippen LogP contribution in [0.2, 0.25) is 0 Å². The van der Waals surface area contributed by atoms with Crippen LogP contribution in [-0.2, 0) is 13.1 Å². The van der Waals surface area contributed by atoms with Crippen molar-refractivity contribution < 1.29 is 4.79 Å². The van der Waals surface area contributed by atoms with Crippen LogP contribution in [-0.4, -0.2) is 35.0 Å². The van der Waals surface area contributed by atoms with E-state index < -0.39 is 0 Å². The maximum absolute atomic E-state index is 12.5. The third-order valence-corrected chi connectivity index (χ3v) is 4.96. The molecule has 148 valence electrons. The molecule has 8 heteroatoms. The molecule has 0 bridgehead atoms. The fourth-order valence-corrected chi connectivity index (χ4v) is 3.43. The number of imidazole rings is 1. The minimum Gasteiger partial charge on any atom is -0.345 e. The number of fused-ring (bicyclic) bond motifs is 2. The quantitative estimate of drug-likeness (QED) is 0.493. The lowest BCUT2D eigenvalue weighted by atomic mass is 10.1. The Kier molecular flexibility index (Phi) is 4.44. The van der Waals surface area contributed by atoms with Crippen molar-refractivity contribution in [3.05, 3.63) is 89.8 Å². The molecule has 0 fully saturated rings. The molecule has 30 heavy (non-hydrogen) atoms. The largest absolute Gasteiger partial charge is 0.345 e. The van der Waals surface area contributed by atoms with Gasteiger partial charge in [0.2, 0.25) is 5.82 Å². The lowest BCUT2D eigenvalue weighted by Gasteiger charge is -2.08. The Labute approximate surface area is 172 Å². The number of aromatic nitrogens is 6. The molecule has 0 aliphatic carbocycles. The SMILES string of the molecule is Cc1ccnc2nc(C(=O)NCc3cccc(Cn4cnc5ccccc54)c3)nn12. The van der Waals surface area contributed by atoms with Gasteiger partial charge in [-0.25, -0.2) is 14.5 Å². The number of nitrogens with zero attached hydrogens (tertiary/aromatic N) is 6. The van der Waals surface area contributed by atoms with Gasteiger partial charge in [0.15, 0.2) is 0 Å². The van der Waals surface area contributed by atoms with Gasteiger partial charge < -0.3 is 9.88 Å². The molecular weight excluding hydrogens is 378 g/mol. The maximum Gasteiger partial charge on any atom is 0.291 e. The van der Waals surface area contributed by atoms with Gasteiger partial charge in [-0.1, -0.05) is 36.4 Å². The highest BCUT2D eigenvalue weighted by Gasteiger charge is 2.14. The van der Waals surface area contributed by atoms with Gasteiger partial charge in [0.1, 0.15) is 0 Å². The van der Waals surface area contributed by atoms with Gasteiger partial charge in [-0.05, 0) is 36.2 Å². The molecule has 0 aliphatic heterocycles. The molecule has 8 nitrogen and oxygen atoms in total. The molecule has 0 saturated carbocycles. The first-order valence-corrected chi connectivity index (χ1v) is 9.62. The van der Waals surface area contributed by atoms with Gasteiger partial charge >= 0.3 is 0 Å². The molecule has 3 aromatic heterocycles. The zero-order chi connectivity index (χ0) is 20.5. The Hall–Kier alpha value is -4.07. The summed E-state index contributed by atoms with van der Waals surface area (Å²) < 4.78 is 3.67. The van der Waals surface area contributed by atoms with Crippen LogP contribution in [0.4, 0.5) is 0 Å². The third-order valence-electron chi connectivity index (χ3n) is 4.96. The van der Waals surface area contributed by atoms with Crippen molar-refractivity contribution in [1.82, 2.24) is 34.4 Å². The number of amides is 1. The molecular formula is C22H19N7O. The van der Waals surface area contributed by atoms with Crippen LogP contribution in [0.5, 0.6) is 0 Å². The average molecular weight is 397 g/mol. The van der Waals surface area contributed by atoms with Crippen LogP contribution in [0.25, 0.3) is 16.8 Å². The van der Waals surface area contributed by atoms with Gasteiger partial charge in [0.05, 0.1) is 17.4 Å². The van der Waals surface area contributed by atoms with E-state index in [1.165, 1.54) is 0 Å². The standard InChI is InChI=1S/C22H19N7O/c1-15-9-10-23-22-26-20(27-29(15)22)21(30)24-12-16-5-4-6-17(11-16)13-28-14-25-18-7-2-3-8-19(18)28/h2-11,14H,12-13H2,1H3,(H,24,30). The first-order valence-electron chi connectivity index (χ1n) is 9.62. The molecule has 3 heterocycles. The van der Waals surface area contributed by atoms with E-state index >= 15 is 0 Å². The number of hydrogen-bond donors (Lipinski definition) is 1. The van der Waals surface area contributed by atoms with Crippen molar-refractivity contribution in [3.8, 4) is 0 Å². The number of benzene rings is 2. The lowest BCUT2D eigenvalue weighted by molar-refractivity contribution is 0.0940. The Bertz CT molecular complexity index is 1370. The van der Waals surface area contributed by atoms with Crippen molar-refractivity contribution in [3.63, 3.8) is 0 Å². The summed E-state index contributed by atoms with van der Waals surface area (Å²) >= 11 is 0. The minimum absolute atomic E-state index is 0.109. The average Bonchev–Trinajstić information content (AvgIpc) is 3.38. The summed E-state index contributed by atoms with van der Waals surface area (Å²) in [5.74, 6) is 0.193. The molecule has 0 saturated heterocycles. The van der Waals surface area contributed by atoms with Crippen molar-refractivity contribution in [1.29, 1.82) is 0 Å². The van der Waals surface area contributed by atoms with Crippen LogP contribution in [0.1, 0.15) is 27.4 Å². The molecule has 2 aromatic carbocycles. The molecule has 0 atom stereocenters. The van der Waals surface area contributed by atoms with E-state index in [-0.39, 0.29) is 11.7 Å². The fourth-order valence-electron chi connectivity index (χ4n) is 3.43. The minimum atomic E-state index is -0.328. The number of rotatable bonds is 5. The lowest BCUT2D eigenvalue weighted by Crippen LogP contribution is -2.24. The molecule has 0 radical (unpaired) electrons. The molecule has 0 unspecified atom stereocenters. The highest BCUT2D eigenvalue weighted by Crippen LogP contribution is 2.15. The first-order chi connectivity index (χ1) is 14.7. The van der Waals surface area contributed by atoms with Gasteiger partial charge in [0, 0.05) is 25.0 Å². The van der Waals surface area contributed by atoms with E-state index in [1.807, 2.05) is 49.6 Å². The van der Waals surface area contributed by atoms with E-state index in [2.05, 4.69) is 48.1 Å². The molecule has 5 aromatic rings. The molecule has 0 aliphatic rings. The van der Waals surface area contributed by atoms with Crippen LogP contribution >= 0.6 is 0 Å². The number of para-hydroxylation sites is 2. The summed E-state index contributed by atoms with van der Waals surface area (Å²) in [6.45, 7) is 2.99. The van der Waals surface area contributed by atoms with Crippen LogP contribution in [0.15, 0.2) is 67.1 Å². The Balaban J connectivity index is 1.29. The normalized spacial score (nSPS) is 11.2. The fraction of sp³-hybridized carbons (Fsp3) is 0.136. The number of aryl methyl sites for hydroxylation is 1. The van der Waals surface area contributed by atoms with Crippen molar-refractivity contribution >= 4 is 22.7 Å². The van der Waals surface area contributed by atoms with Crippen molar-refractivity contribution in [2.75, 3.05) is 0 Å². The summed E-state index contributed by atoms with van der Waals surface area (Å²) in [5.41, 5.74) is 5.08. The zero-order valence-electron chi connectivity index (χ0n) is 16.4. The van der Waals surface area contributed by atoms with E-state index in [4.69, 9.17) is 0 Å². The summed E-state index contributed by atoms with van der Waals surface area (Å²) in [6, 6.07) is 18.0. The summed E-state index contributed by atoms with van der Waals surface area (Å²) in [6.07, 6.45) is 3.50. The Morgan fingerprint density at radius 3 is 2.80 bits per heavy atom. The van der Waals surface area contributed by atoms with Crippen LogP contribution < -0.4 is 5.32 Å². The second-order valence-corrected chi connectivity index (χ2v) is 7.10. The molecule has 5 rings (SSSR count). The third kappa shape index (κ3) is 3.39. The number of carbonyl (C=O) groups is 1. The van der Waals surface area contributed by atoms with Crippen LogP contribution in [0.3, 0.4) is 0 Å². The summed E-state index contributed by atoms with van der Waals surface area (Å²) in [7, 11) is 0. The number of nitrogens with one attached hydrogen (secondary N) is 1. The highest BCUT2D eigenvalue weighted by molar-refractivity contribution is 5.90. The van der Waals surface area contributed by atoms with Crippen molar-refractivity contribution in [2.45, 2.75) is 20.0 Å². The first kappa shape index (κ1) is 18.0. The van der Waals surface area contributed by atoms with Crippen molar-refractivity contribution in [2.24, 2.45) is 0 Å². The Morgan fingerprint density at radius 1 is 1.03 bits per heavy atom. The van der Waals surface area contributed by atoms with E-state index in [0.717, 1.165) is 27.9 Å². The summed E-state index contributed by atoms with van der Waals surface area (Å²) in [4.78, 5) is 25.3. The topological polar surface area (TPSA) is 90.0 Å². The van der Waals surface area contributed by atoms with E-state index in [9.17, 15) is 4.79 Å². The zero-order valence-corrected chi connectivity index (χ0v) is 16.4. The van der Waals surface area contributed by atoms with Gasteiger partial charge in [-0.2, -0.15) is 4.98 Å². The predicted octanol–water partition coefficient (Wildman–Crippen LogP) is 2.76. The highest BCUT2D eigenvalue weighted by atomic mass is 16.2. The predicted molar refractivity (Wildman–Crippen MR) is 112 cm³/mol. The number of carbonyl (C=O) groups excluding carboxylic acids is 1. The van der Waals surface area contributed by atoms with Gasteiger partial charge in [0.25, 0.3) is 11.7 Å².